The zero-order valence-corrected chi connectivity index (χ0v) is 17.7. The molecule has 1 aliphatic rings. The number of anilines is 2. The molecule has 154 valence electrons. The van der Waals surface area contributed by atoms with Crippen molar-refractivity contribution in [2.45, 2.75) is 20.8 Å². The zero-order chi connectivity index (χ0) is 21.1. The van der Waals surface area contributed by atoms with Crippen molar-refractivity contribution in [1.29, 1.82) is 0 Å². The van der Waals surface area contributed by atoms with Gasteiger partial charge in [0.1, 0.15) is 0 Å². The maximum absolute atomic E-state index is 12.7. The van der Waals surface area contributed by atoms with Crippen LogP contribution in [0.5, 0.6) is 0 Å². The van der Waals surface area contributed by atoms with E-state index in [1.807, 2.05) is 48.2 Å². The van der Waals surface area contributed by atoms with Gasteiger partial charge in [-0.25, -0.2) is 4.79 Å². The van der Waals surface area contributed by atoms with Crippen LogP contribution in [-0.2, 0) is 0 Å². The van der Waals surface area contributed by atoms with Crippen LogP contribution in [0.4, 0.5) is 16.3 Å². The first kappa shape index (κ1) is 19.9. The van der Waals surface area contributed by atoms with Crippen LogP contribution < -0.4 is 10.2 Å². The second kappa shape index (κ2) is 8.53. The van der Waals surface area contributed by atoms with Crippen LogP contribution in [0, 0.1) is 20.8 Å². The zero-order valence-electron chi connectivity index (χ0n) is 17.7. The van der Waals surface area contributed by atoms with Crippen LogP contribution in [0.25, 0.3) is 11.3 Å². The predicted octanol–water partition coefficient (Wildman–Crippen LogP) is 4.42. The van der Waals surface area contributed by atoms with Gasteiger partial charge in [-0.15, -0.1) is 10.2 Å². The van der Waals surface area contributed by atoms with Crippen molar-refractivity contribution in [2.24, 2.45) is 0 Å². The highest BCUT2D eigenvalue weighted by Crippen LogP contribution is 2.23. The summed E-state index contributed by atoms with van der Waals surface area (Å²) in [6.07, 6.45) is 0. The molecule has 2 aromatic carbocycles. The van der Waals surface area contributed by atoms with Crippen LogP contribution in [0.2, 0.25) is 0 Å². The van der Waals surface area contributed by atoms with E-state index in [1.54, 1.807) is 0 Å². The van der Waals surface area contributed by atoms with Crippen molar-refractivity contribution in [3.63, 3.8) is 0 Å². The minimum absolute atomic E-state index is 0.0515. The Bertz CT molecular complexity index is 1040. The molecule has 0 unspecified atom stereocenters. The number of aromatic nitrogens is 2. The van der Waals surface area contributed by atoms with Gasteiger partial charge in [0.2, 0.25) is 0 Å². The Hall–Kier alpha value is -3.41. The van der Waals surface area contributed by atoms with Crippen molar-refractivity contribution in [1.82, 2.24) is 15.1 Å². The van der Waals surface area contributed by atoms with Crippen LogP contribution in [-0.4, -0.2) is 47.3 Å². The topological polar surface area (TPSA) is 61.4 Å². The third-order valence-corrected chi connectivity index (χ3v) is 5.81. The van der Waals surface area contributed by atoms with Gasteiger partial charge in [-0.3, -0.25) is 0 Å². The average molecular weight is 402 g/mol. The minimum Gasteiger partial charge on any atom is -0.352 e. The molecular weight excluding hydrogens is 374 g/mol. The number of hydrogen-bond donors (Lipinski definition) is 1. The largest absolute Gasteiger partial charge is 0.352 e. The number of hydrogen-bond acceptors (Lipinski definition) is 4. The molecule has 2 amide bonds. The lowest BCUT2D eigenvalue weighted by Gasteiger charge is -2.35. The van der Waals surface area contributed by atoms with Gasteiger partial charge < -0.3 is 15.1 Å². The average Bonchev–Trinajstić information content (AvgIpc) is 2.77. The number of urea groups is 1. The van der Waals surface area contributed by atoms with Gasteiger partial charge in [-0.05, 0) is 55.7 Å². The van der Waals surface area contributed by atoms with Gasteiger partial charge in [-0.1, -0.05) is 36.4 Å². The maximum Gasteiger partial charge on any atom is 0.321 e. The summed E-state index contributed by atoms with van der Waals surface area (Å²) < 4.78 is 0. The summed E-state index contributed by atoms with van der Waals surface area (Å²) >= 11 is 0. The molecule has 4 rings (SSSR count). The number of nitrogens with zero attached hydrogens (tertiary/aromatic N) is 4. The van der Waals surface area contributed by atoms with E-state index in [9.17, 15) is 4.79 Å². The van der Waals surface area contributed by atoms with Crippen LogP contribution in [0.1, 0.15) is 16.7 Å². The monoisotopic (exact) mass is 401 g/mol. The Balaban J connectivity index is 1.37. The smallest absolute Gasteiger partial charge is 0.321 e. The van der Waals surface area contributed by atoms with Crippen LogP contribution in [0.3, 0.4) is 0 Å². The van der Waals surface area contributed by atoms with E-state index in [2.05, 4.69) is 52.5 Å². The van der Waals surface area contributed by atoms with Gasteiger partial charge >= 0.3 is 6.03 Å². The van der Waals surface area contributed by atoms with Crippen LogP contribution >= 0.6 is 0 Å². The third-order valence-electron chi connectivity index (χ3n) is 5.81. The summed E-state index contributed by atoms with van der Waals surface area (Å²) in [5, 5.41) is 11.9. The summed E-state index contributed by atoms with van der Waals surface area (Å²) in [5.74, 6) is 0.849. The lowest BCUT2D eigenvalue weighted by Crippen LogP contribution is -2.50. The number of nitrogens with one attached hydrogen (secondary N) is 1. The minimum atomic E-state index is -0.0515. The predicted molar refractivity (Wildman–Crippen MR) is 121 cm³/mol. The van der Waals surface area contributed by atoms with E-state index >= 15 is 0 Å². The lowest BCUT2D eigenvalue weighted by molar-refractivity contribution is 0.208. The number of piperazine rings is 1. The standard InChI is InChI=1S/C24H27N5O/c1-17-8-6-10-21(19(17)3)25-24(30)29-15-13-28(14-16-29)23-12-11-22(26-27-23)20-9-5-4-7-18(20)2/h4-12H,13-16H2,1-3H3,(H,25,30). The fourth-order valence-corrected chi connectivity index (χ4v) is 3.72. The second-order valence-corrected chi connectivity index (χ2v) is 7.74. The molecule has 1 fully saturated rings. The molecule has 0 spiro atoms. The summed E-state index contributed by atoms with van der Waals surface area (Å²) in [6.45, 7) is 8.93. The van der Waals surface area contributed by atoms with Gasteiger partial charge in [0.05, 0.1) is 5.69 Å². The quantitative estimate of drug-likeness (QED) is 0.706. The molecule has 6 nitrogen and oxygen atoms in total. The normalized spacial score (nSPS) is 14.0. The van der Waals surface area contributed by atoms with E-state index in [0.29, 0.717) is 13.1 Å². The SMILES string of the molecule is Cc1ccccc1-c1ccc(N2CCN(C(=O)Nc3cccc(C)c3C)CC2)nn1. The van der Waals surface area contributed by atoms with E-state index in [0.717, 1.165) is 41.4 Å². The first-order chi connectivity index (χ1) is 14.5. The molecule has 1 N–H and O–H groups in total. The third kappa shape index (κ3) is 4.13. The van der Waals surface area contributed by atoms with Crippen molar-refractivity contribution < 1.29 is 4.79 Å². The van der Waals surface area contributed by atoms with E-state index in [4.69, 9.17) is 0 Å². The summed E-state index contributed by atoms with van der Waals surface area (Å²) in [4.78, 5) is 16.7. The Morgan fingerprint density at radius 2 is 1.57 bits per heavy atom. The Kier molecular flexibility index (Phi) is 5.65. The first-order valence-corrected chi connectivity index (χ1v) is 10.3. The Morgan fingerprint density at radius 3 is 2.27 bits per heavy atom. The molecule has 0 aliphatic carbocycles. The number of benzene rings is 2. The highest BCUT2D eigenvalue weighted by atomic mass is 16.2. The van der Waals surface area contributed by atoms with E-state index in [1.165, 1.54) is 11.1 Å². The van der Waals surface area contributed by atoms with Crippen molar-refractivity contribution in [3.8, 4) is 11.3 Å². The molecular formula is C24H27N5O. The maximum atomic E-state index is 12.7. The number of amides is 2. The van der Waals surface area contributed by atoms with Crippen LogP contribution in [0.15, 0.2) is 54.6 Å². The molecule has 0 radical (unpaired) electrons. The van der Waals surface area contributed by atoms with Crippen molar-refractivity contribution >= 4 is 17.5 Å². The summed E-state index contributed by atoms with van der Waals surface area (Å²) in [7, 11) is 0. The van der Waals surface area contributed by atoms with Gasteiger partial charge in [0.25, 0.3) is 0 Å². The molecule has 1 saturated heterocycles. The molecule has 0 saturated carbocycles. The second-order valence-electron chi connectivity index (χ2n) is 7.74. The summed E-state index contributed by atoms with van der Waals surface area (Å²) in [6, 6.07) is 18.1. The first-order valence-electron chi connectivity index (χ1n) is 10.3. The molecule has 1 aliphatic heterocycles. The number of carbonyl (C=O) groups is 1. The van der Waals surface area contributed by atoms with Gasteiger partial charge in [0, 0.05) is 37.4 Å². The highest BCUT2D eigenvalue weighted by Gasteiger charge is 2.22. The molecule has 30 heavy (non-hydrogen) atoms. The summed E-state index contributed by atoms with van der Waals surface area (Å²) in [5.41, 5.74) is 6.31. The molecule has 2 heterocycles. The molecule has 6 heteroatoms. The Morgan fingerprint density at radius 1 is 0.833 bits per heavy atom. The van der Waals surface area contributed by atoms with Crippen molar-refractivity contribution in [3.05, 3.63) is 71.3 Å². The number of aryl methyl sites for hydroxylation is 2. The molecule has 0 bridgehead atoms. The fraction of sp³-hybridized carbons (Fsp3) is 0.292. The number of rotatable bonds is 3. The molecule has 3 aromatic rings. The van der Waals surface area contributed by atoms with E-state index in [-0.39, 0.29) is 6.03 Å². The highest BCUT2D eigenvalue weighted by molar-refractivity contribution is 5.90. The van der Waals surface area contributed by atoms with Gasteiger partial charge in [0.15, 0.2) is 5.82 Å². The molecule has 1 aromatic heterocycles. The van der Waals surface area contributed by atoms with Crippen molar-refractivity contribution in [2.75, 3.05) is 36.4 Å². The Labute approximate surface area is 177 Å². The molecule has 0 atom stereocenters. The van der Waals surface area contributed by atoms with Gasteiger partial charge in [-0.2, -0.15) is 0 Å². The van der Waals surface area contributed by atoms with E-state index < -0.39 is 0 Å². The fourth-order valence-electron chi connectivity index (χ4n) is 3.72. The number of carbonyl (C=O) groups excluding carboxylic acids is 1. The lowest BCUT2D eigenvalue weighted by atomic mass is 10.1.